The van der Waals surface area contributed by atoms with Gasteiger partial charge < -0.3 is 9.15 Å². The van der Waals surface area contributed by atoms with Gasteiger partial charge in [-0.25, -0.2) is 5.43 Å². The van der Waals surface area contributed by atoms with Crippen molar-refractivity contribution in [1.29, 1.82) is 0 Å². The molecule has 3 N–H and O–H groups in total. The normalized spacial score (nSPS) is 13.6. The van der Waals surface area contributed by atoms with Crippen LogP contribution in [0.4, 0.5) is 0 Å². The number of furan rings is 1. The van der Waals surface area contributed by atoms with E-state index >= 15 is 0 Å². The summed E-state index contributed by atoms with van der Waals surface area (Å²) < 4.78 is 10.9. The second-order valence-electron chi connectivity index (χ2n) is 7.82. The fourth-order valence-corrected chi connectivity index (χ4v) is 4.03. The van der Waals surface area contributed by atoms with E-state index in [1.54, 1.807) is 55.5 Å². The number of hydrogen-bond acceptors (Lipinski definition) is 6. The molecule has 1 aliphatic carbocycles. The Bertz CT molecular complexity index is 1310. The number of methoxy groups -OCH3 is 1. The highest BCUT2D eigenvalue weighted by Crippen LogP contribution is 2.30. The zero-order valence-corrected chi connectivity index (χ0v) is 19.9. The van der Waals surface area contributed by atoms with Gasteiger partial charge in [0.15, 0.2) is 5.76 Å². The summed E-state index contributed by atoms with van der Waals surface area (Å²) in [4.78, 5) is 37.6. The Balaban J connectivity index is 1.47. The Morgan fingerprint density at radius 2 is 1.69 bits per heavy atom. The lowest BCUT2D eigenvalue weighted by Gasteiger charge is -2.13. The average Bonchev–Trinajstić information content (AvgIpc) is 3.23. The molecule has 35 heavy (non-hydrogen) atoms. The van der Waals surface area contributed by atoms with E-state index < -0.39 is 17.7 Å². The minimum Gasteiger partial charge on any atom is -0.497 e. The maximum Gasteiger partial charge on any atom is 0.305 e. The van der Waals surface area contributed by atoms with Crippen LogP contribution in [0, 0.1) is 6.92 Å². The van der Waals surface area contributed by atoms with Gasteiger partial charge in [0.25, 0.3) is 11.8 Å². The van der Waals surface area contributed by atoms with Crippen LogP contribution in [0.1, 0.15) is 61.0 Å². The van der Waals surface area contributed by atoms with Crippen LogP contribution in [-0.4, -0.2) is 30.5 Å². The first kappa shape index (κ1) is 24.0. The standard InChI is InChI=1S/C25H23ClN4O5/c1-14-21-19(27-29-24(32)17-6-3-4-7-18(17)26)8-5-9-20(21)35-22(14)25(33)30-28-23(31)15-10-12-16(34-2)13-11-15/h3-4,6-7,10-13H,5,8-9H2,1-2H3,(H,28,31)(H,29,32)(H,30,33)/b27-19+. The Hall–Kier alpha value is -4.11. The Kier molecular flexibility index (Phi) is 7.17. The fraction of sp³-hybridized carbons (Fsp3) is 0.200. The van der Waals surface area contributed by atoms with Crippen LogP contribution in [0.3, 0.4) is 0 Å². The summed E-state index contributed by atoms with van der Waals surface area (Å²) in [6, 6.07) is 13.1. The summed E-state index contributed by atoms with van der Waals surface area (Å²) in [7, 11) is 1.53. The van der Waals surface area contributed by atoms with Crippen molar-refractivity contribution in [3.63, 3.8) is 0 Å². The van der Waals surface area contributed by atoms with Gasteiger partial charge in [-0.15, -0.1) is 0 Å². The third-order valence-electron chi connectivity index (χ3n) is 5.58. The van der Waals surface area contributed by atoms with Crippen LogP contribution in [0.15, 0.2) is 58.0 Å². The van der Waals surface area contributed by atoms with Gasteiger partial charge in [0, 0.05) is 23.1 Å². The molecule has 0 saturated heterocycles. The molecular weight excluding hydrogens is 472 g/mol. The maximum absolute atomic E-state index is 12.8. The molecule has 2 aromatic carbocycles. The molecule has 0 aliphatic heterocycles. The number of carbonyl (C=O) groups excluding carboxylic acids is 3. The van der Waals surface area contributed by atoms with Crippen LogP contribution in [-0.2, 0) is 6.42 Å². The van der Waals surface area contributed by atoms with E-state index in [4.69, 9.17) is 20.8 Å². The summed E-state index contributed by atoms with van der Waals surface area (Å²) in [5, 5.41) is 4.61. The quantitative estimate of drug-likeness (QED) is 0.466. The van der Waals surface area contributed by atoms with Crippen molar-refractivity contribution in [1.82, 2.24) is 16.3 Å². The first-order valence-electron chi connectivity index (χ1n) is 10.9. The lowest BCUT2D eigenvalue weighted by molar-refractivity contribution is 0.0829. The first-order valence-corrected chi connectivity index (χ1v) is 11.3. The molecule has 0 spiro atoms. The van der Waals surface area contributed by atoms with E-state index in [-0.39, 0.29) is 5.76 Å². The van der Waals surface area contributed by atoms with Gasteiger partial charge in [-0.3, -0.25) is 25.2 Å². The first-order chi connectivity index (χ1) is 16.9. The van der Waals surface area contributed by atoms with Gasteiger partial charge in [0.1, 0.15) is 11.5 Å². The highest BCUT2D eigenvalue weighted by molar-refractivity contribution is 6.33. The lowest BCUT2D eigenvalue weighted by atomic mass is 9.93. The van der Waals surface area contributed by atoms with E-state index in [1.807, 2.05) is 0 Å². The number of aryl methyl sites for hydroxylation is 1. The van der Waals surface area contributed by atoms with Crippen molar-refractivity contribution in [2.24, 2.45) is 5.10 Å². The van der Waals surface area contributed by atoms with E-state index in [2.05, 4.69) is 21.4 Å². The zero-order chi connectivity index (χ0) is 24.9. The predicted octanol–water partition coefficient (Wildman–Crippen LogP) is 3.80. The number of halogens is 1. The van der Waals surface area contributed by atoms with Crippen LogP contribution in [0.2, 0.25) is 5.02 Å². The second-order valence-corrected chi connectivity index (χ2v) is 8.23. The van der Waals surface area contributed by atoms with Crippen molar-refractivity contribution in [2.45, 2.75) is 26.2 Å². The number of hydrazone groups is 1. The number of amides is 3. The highest BCUT2D eigenvalue weighted by atomic mass is 35.5. The number of hydrogen-bond donors (Lipinski definition) is 3. The fourth-order valence-electron chi connectivity index (χ4n) is 3.81. The smallest absolute Gasteiger partial charge is 0.305 e. The number of hydrazine groups is 1. The van der Waals surface area contributed by atoms with Gasteiger partial charge in [-0.2, -0.15) is 5.10 Å². The van der Waals surface area contributed by atoms with Crippen molar-refractivity contribution < 1.29 is 23.5 Å². The molecule has 10 heteroatoms. The van der Waals surface area contributed by atoms with Crippen molar-refractivity contribution >= 4 is 35.0 Å². The molecular formula is C25H23ClN4O5. The summed E-state index contributed by atoms with van der Waals surface area (Å²) in [6.45, 7) is 1.74. The zero-order valence-electron chi connectivity index (χ0n) is 19.1. The van der Waals surface area contributed by atoms with Crippen molar-refractivity contribution in [3.8, 4) is 5.75 Å². The number of fused-ring (bicyclic) bond motifs is 1. The SMILES string of the molecule is COc1ccc(C(=O)NNC(=O)c2oc3c(c2C)/C(=N/NC(=O)c2ccccc2Cl)CCC3)cc1. The Morgan fingerprint density at radius 3 is 2.40 bits per heavy atom. The predicted molar refractivity (Wildman–Crippen MR) is 130 cm³/mol. The largest absolute Gasteiger partial charge is 0.497 e. The minimum absolute atomic E-state index is 0.0667. The molecule has 3 aromatic rings. The molecule has 0 bridgehead atoms. The summed E-state index contributed by atoms with van der Waals surface area (Å²) in [5.74, 6) is -0.237. The Labute approximate surface area is 206 Å². The molecule has 0 atom stereocenters. The molecule has 4 rings (SSSR count). The maximum atomic E-state index is 12.8. The number of benzene rings is 2. The van der Waals surface area contributed by atoms with Gasteiger partial charge in [0.05, 0.1) is 23.4 Å². The molecule has 3 amide bonds. The average molecular weight is 495 g/mol. The number of rotatable bonds is 5. The molecule has 9 nitrogen and oxygen atoms in total. The summed E-state index contributed by atoms with van der Waals surface area (Å²) >= 11 is 6.09. The minimum atomic E-state index is -0.599. The van der Waals surface area contributed by atoms with Crippen LogP contribution in [0.5, 0.6) is 5.75 Å². The summed E-state index contributed by atoms with van der Waals surface area (Å²) in [6.07, 6.45) is 1.97. The van der Waals surface area contributed by atoms with E-state index in [0.717, 1.165) is 6.42 Å². The monoisotopic (exact) mass is 494 g/mol. The number of nitrogens with zero attached hydrogens (tertiary/aromatic N) is 1. The van der Waals surface area contributed by atoms with E-state index in [9.17, 15) is 14.4 Å². The van der Waals surface area contributed by atoms with Crippen molar-refractivity contribution in [2.75, 3.05) is 7.11 Å². The van der Waals surface area contributed by atoms with Crippen LogP contribution >= 0.6 is 11.6 Å². The molecule has 1 aromatic heterocycles. The molecule has 0 unspecified atom stereocenters. The van der Waals surface area contributed by atoms with Crippen LogP contribution in [0.25, 0.3) is 0 Å². The van der Waals surface area contributed by atoms with Gasteiger partial charge in [0.2, 0.25) is 0 Å². The highest BCUT2D eigenvalue weighted by Gasteiger charge is 2.28. The summed E-state index contributed by atoms with van der Waals surface area (Å²) in [5.41, 5.74) is 9.82. The van der Waals surface area contributed by atoms with Crippen LogP contribution < -0.4 is 21.0 Å². The van der Waals surface area contributed by atoms with Gasteiger partial charge in [-0.05, 0) is 56.2 Å². The lowest BCUT2D eigenvalue weighted by Crippen LogP contribution is -2.41. The molecule has 0 radical (unpaired) electrons. The second kappa shape index (κ2) is 10.4. The number of nitrogens with one attached hydrogen (secondary N) is 3. The Morgan fingerprint density at radius 1 is 0.971 bits per heavy atom. The molecule has 0 saturated carbocycles. The third-order valence-corrected chi connectivity index (χ3v) is 5.91. The topological polar surface area (TPSA) is 122 Å². The third kappa shape index (κ3) is 5.20. The molecule has 1 aliphatic rings. The number of carbonyl (C=O) groups is 3. The number of ether oxygens (including phenoxy) is 1. The van der Waals surface area contributed by atoms with Gasteiger partial charge >= 0.3 is 5.91 Å². The van der Waals surface area contributed by atoms with E-state index in [0.29, 0.717) is 57.3 Å². The van der Waals surface area contributed by atoms with Gasteiger partial charge in [-0.1, -0.05) is 23.7 Å². The molecule has 1 heterocycles. The van der Waals surface area contributed by atoms with Crippen molar-refractivity contribution in [3.05, 3.63) is 87.3 Å². The molecule has 0 fully saturated rings. The van der Waals surface area contributed by atoms with E-state index in [1.165, 1.54) is 7.11 Å². The molecule has 180 valence electrons.